The number of nitrogens with zero attached hydrogens (tertiary/aromatic N) is 13. The smallest absolute Gasteiger partial charge is 0.410 e. The first kappa shape index (κ1) is 53.0. The molecule has 0 radical (unpaired) electrons. The Hall–Kier alpha value is -6.85. The molecule has 0 aliphatic carbocycles. The van der Waals surface area contributed by atoms with Gasteiger partial charge in [0, 0.05) is 95.5 Å². The molecule has 0 spiro atoms. The first-order valence-electron chi connectivity index (χ1n) is 25.0. The number of nitrogens with one attached hydrogen (secondary N) is 1. The van der Waals surface area contributed by atoms with Gasteiger partial charge in [-0.05, 0) is 106 Å². The maximum Gasteiger partial charge on any atom is 0.410 e. The SMILES string of the molecule is CCc1nc2ccc(N3CCN(C(=O)OC(C)(C)C)[C@H](COC)C3)nn2c1N(C)c1nc(-c2ccc(F)cc2)cs1.CCc1nc2ccc(N3CCN[C@H](COC)C3)nn2c1N(C)c1nc(-c2ccc(F)cc2)cs1. The van der Waals surface area contributed by atoms with Crippen LogP contribution in [0, 0.1) is 11.6 Å². The van der Waals surface area contributed by atoms with E-state index in [0.29, 0.717) is 32.8 Å². The van der Waals surface area contributed by atoms with Crippen molar-refractivity contribution in [3.05, 3.63) is 107 Å². The van der Waals surface area contributed by atoms with Crippen LogP contribution in [-0.4, -0.2) is 149 Å². The summed E-state index contributed by atoms with van der Waals surface area (Å²) in [5, 5.41) is 19.0. The lowest BCUT2D eigenvalue weighted by molar-refractivity contribution is 0.00336. The maximum atomic E-state index is 13.4. The van der Waals surface area contributed by atoms with Gasteiger partial charge in [0.05, 0.1) is 42.0 Å². The predicted octanol–water partition coefficient (Wildman–Crippen LogP) is 9.14. The third kappa shape index (κ3) is 11.8. The average Bonchev–Trinajstić information content (AvgIpc) is 4.24. The summed E-state index contributed by atoms with van der Waals surface area (Å²) in [5.74, 6) is 2.91. The molecule has 2 saturated heterocycles. The van der Waals surface area contributed by atoms with Gasteiger partial charge in [-0.1, -0.05) is 13.8 Å². The standard InChI is InChI=1S/C29H36FN7O3S.C24H28FN7OS/c1-7-22-26(34(5)27-32-23(18-41-27)19-8-10-20(30)11-9-19)37-24(31-22)12-13-25(33-37)35-14-15-36(21(16-35)17-39-6)28(38)40-29(2,3)4;1-4-19-23(30(2)24-28-20(15-34-24)16-5-7-17(25)8-6-16)32-21(27-19)9-10-22(29-32)31-12-11-26-18(13-31)14-33-3/h8-13,18,21H,7,14-17H2,1-6H3;5-10,15,18,26H,4,11-14H2,1-3H3/t21-;18-/m00/s1. The number of halogens is 2. The first-order valence-corrected chi connectivity index (χ1v) is 26.8. The highest BCUT2D eigenvalue weighted by molar-refractivity contribution is 7.14. The van der Waals surface area contributed by atoms with Crippen molar-refractivity contribution in [2.24, 2.45) is 0 Å². The molecular weight excluding hydrogens is 999 g/mol. The van der Waals surface area contributed by atoms with Gasteiger partial charge in [0.2, 0.25) is 0 Å². The van der Waals surface area contributed by atoms with Crippen LogP contribution in [0.1, 0.15) is 46.0 Å². The molecule has 0 bridgehead atoms. The highest BCUT2D eigenvalue weighted by Crippen LogP contribution is 2.36. The molecule has 2 aliphatic rings. The lowest BCUT2D eigenvalue weighted by Crippen LogP contribution is -2.58. The Morgan fingerprint density at radius 3 is 1.64 bits per heavy atom. The van der Waals surface area contributed by atoms with Crippen LogP contribution < -0.4 is 24.9 Å². The summed E-state index contributed by atoms with van der Waals surface area (Å²) in [6.45, 7) is 15.1. The van der Waals surface area contributed by atoms with Crippen LogP contribution in [0.2, 0.25) is 0 Å². The Kier molecular flexibility index (Phi) is 16.2. The van der Waals surface area contributed by atoms with Gasteiger partial charge in [-0.3, -0.25) is 4.90 Å². The number of hydrogen-bond donors (Lipinski definition) is 1. The van der Waals surface area contributed by atoms with E-state index in [4.69, 9.17) is 44.3 Å². The molecule has 8 heterocycles. The monoisotopic (exact) mass is 1060 g/mol. The molecule has 2 atom stereocenters. The van der Waals surface area contributed by atoms with Gasteiger partial charge in [0.1, 0.15) is 28.9 Å². The maximum absolute atomic E-state index is 13.4. The summed E-state index contributed by atoms with van der Waals surface area (Å²) in [7, 11) is 7.31. The molecule has 0 saturated carbocycles. The summed E-state index contributed by atoms with van der Waals surface area (Å²) in [6, 6.07) is 20.8. The van der Waals surface area contributed by atoms with Gasteiger partial charge >= 0.3 is 6.09 Å². The molecule has 0 unspecified atom stereocenters. The number of benzene rings is 2. The molecule has 1 amide bonds. The third-order valence-corrected chi connectivity index (χ3v) is 14.7. The van der Waals surface area contributed by atoms with Crippen LogP contribution in [0.3, 0.4) is 0 Å². The highest BCUT2D eigenvalue weighted by Gasteiger charge is 2.34. The predicted molar refractivity (Wildman–Crippen MR) is 293 cm³/mol. The van der Waals surface area contributed by atoms with Crippen molar-refractivity contribution in [3.63, 3.8) is 0 Å². The fourth-order valence-corrected chi connectivity index (χ4v) is 10.8. The molecular formula is C53H64F2N14O4S2. The minimum absolute atomic E-state index is 0.183. The van der Waals surface area contributed by atoms with E-state index < -0.39 is 5.60 Å². The van der Waals surface area contributed by atoms with E-state index in [9.17, 15) is 13.6 Å². The van der Waals surface area contributed by atoms with Crippen molar-refractivity contribution >= 4 is 73.6 Å². The molecule has 396 valence electrons. The lowest BCUT2D eigenvalue weighted by Gasteiger charge is -2.41. The summed E-state index contributed by atoms with van der Waals surface area (Å²) in [6.07, 6.45) is 1.16. The largest absolute Gasteiger partial charge is 0.444 e. The van der Waals surface area contributed by atoms with E-state index in [0.717, 1.165) is 111 Å². The Morgan fingerprint density at radius 1 is 0.680 bits per heavy atom. The number of imidazole rings is 2. The van der Waals surface area contributed by atoms with Crippen LogP contribution in [0.15, 0.2) is 83.6 Å². The zero-order chi connectivity index (χ0) is 53.0. The highest BCUT2D eigenvalue weighted by atomic mass is 32.1. The van der Waals surface area contributed by atoms with Gasteiger partial charge < -0.3 is 39.1 Å². The van der Waals surface area contributed by atoms with E-state index in [1.807, 2.05) is 88.7 Å². The number of piperazine rings is 2. The fourth-order valence-electron chi connectivity index (χ4n) is 9.23. The number of methoxy groups -OCH3 is 2. The van der Waals surface area contributed by atoms with Crippen LogP contribution in [0.5, 0.6) is 0 Å². The molecule has 22 heteroatoms. The summed E-state index contributed by atoms with van der Waals surface area (Å²) in [5.41, 5.74) is 6.18. The number of thiazole rings is 2. The summed E-state index contributed by atoms with van der Waals surface area (Å²) < 4.78 is 47.0. The molecule has 8 aromatic rings. The van der Waals surface area contributed by atoms with Crippen LogP contribution in [0.4, 0.5) is 47.1 Å². The molecule has 1 N–H and O–H groups in total. The Labute approximate surface area is 443 Å². The Morgan fingerprint density at radius 2 is 1.17 bits per heavy atom. The van der Waals surface area contributed by atoms with E-state index in [1.165, 1.54) is 35.6 Å². The number of carbonyl (C=O) groups excluding carboxylic acids is 1. The summed E-state index contributed by atoms with van der Waals surface area (Å²) in [4.78, 5) is 42.4. The minimum Gasteiger partial charge on any atom is -0.444 e. The average molecular weight is 1060 g/mol. The minimum atomic E-state index is -0.573. The number of rotatable bonds is 14. The van der Waals surface area contributed by atoms with Crippen LogP contribution in [-0.2, 0) is 27.1 Å². The number of carbonyl (C=O) groups is 1. The van der Waals surface area contributed by atoms with Crippen LogP contribution >= 0.6 is 22.7 Å². The molecule has 2 fully saturated rings. The molecule has 75 heavy (non-hydrogen) atoms. The molecule has 2 aromatic carbocycles. The van der Waals surface area contributed by atoms with Crippen molar-refractivity contribution < 1.29 is 27.8 Å². The topological polar surface area (TPSA) is 159 Å². The number of aryl methyl sites for hydroxylation is 2. The number of anilines is 6. The van der Waals surface area contributed by atoms with Crippen molar-refractivity contribution in [1.29, 1.82) is 0 Å². The van der Waals surface area contributed by atoms with Gasteiger partial charge in [0.15, 0.2) is 33.2 Å². The zero-order valence-corrected chi connectivity index (χ0v) is 45.5. The van der Waals surface area contributed by atoms with Gasteiger partial charge in [-0.2, -0.15) is 9.03 Å². The van der Waals surface area contributed by atoms with Gasteiger partial charge in [-0.15, -0.1) is 32.9 Å². The van der Waals surface area contributed by atoms with Crippen molar-refractivity contribution in [1.82, 2.24) is 49.4 Å². The van der Waals surface area contributed by atoms with Crippen molar-refractivity contribution in [3.8, 4) is 22.5 Å². The first-order chi connectivity index (χ1) is 36.1. The summed E-state index contributed by atoms with van der Waals surface area (Å²) >= 11 is 3.05. The number of aromatic nitrogens is 8. The molecule has 2 aliphatic heterocycles. The van der Waals surface area contributed by atoms with Crippen molar-refractivity contribution in [2.75, 3.05) is 100 Å². The van der Waals surface area contributed by atoms with Crippen LogP contribution in [0.25, 0.3) is 33.8 Å². The number of amides is 1. The van der Waals surface area contributed by atoms with Crippen molar-refractivity contribution in [2.45, 2.75) is 65.1 Å². The quantitative estimate of drug-likeness (QED) is 0.110. The second-order valence-corrected chi connectivity index (χ2v) is 21.0. The van der Waals surface area contributed by atoms with E-state index >= 15 is 0 Å². The second-order valence-electron chi connectivity index (χ2n) is 19.3. The van der Waals surface area contributed by atoms with E-state index in [1.54, 1.807) is 54.7 Å². The van der Waals surface area contributed by atoms with E-state index in [2.05, 4.69) is 29.0 Å². The second kappa shape index (κ2) is 23.0. The lowest BCUT2D eigenvalue weighted by atomic mass is 10.1. The fraction of sp³-hybridized carbons (Fsp3) is 0.415. The van der Waals surface area contributed by atoms with E-state index in [-0.39, 0.29) is 29.8 Å². The number of fused-ring (bicyclic) bond motifs is 2. The molecule has 10 rings (SSSR count). The van der Waals surface area contributed by atoms with Gasteiger partial charge in [0.25, 0.3) is 0 Å². The number of hydrogen-bond acceptors (Lipinski definition) is 17. The number of ether oxygens (including phenoxy) is 3. The Bertz CT molecular complexity index is 3210. The third-order valence-electron chi connectivity index (χ3n) is 12.9. The zero-order valence-electron chi connectivity index (χ0n) is 43.8. The normalized spacial score (nSPS) is 16.1. The molecule has 6 aromatic heterocycles. The van der Waals surface area contributed by atoms with Gasteiger partial charge in [-0.25, -0.2) is 33.5 Å². The Balaban J connectivity index is 0.000000187. The molecule has 18 nitrogen and oxygen atoms in total.